The first-order valence-electron chi connectivity index (χ1n) is 11.0. The summed E-state index contributed by atoms with van der Waals surface area (Å²) in [6, 6.07) is 18.8. The smallest absolute Gasteiger partial charge is 0.278 e. The number of Topliss-reactive ketones (excluding diaryl/α,β-unsaturated/α-hetero) is 1. The molecule has 1 aromatic heterocycles. The summed E-state index contributed by atoms with van der Waals surface area (Å²) in [5, 5.41) is 34.7. The number of H-pyrrole nitrogens is 1. The van der Waals surface area contributed by atoms with Crippen molar-refractivity contribution in [3.8, 4) is 28.5 Å². The standard InChI is InChI=1S/C28H16N2O6/c31-23-13-7-1-2-8-14(13)24(32)20(22-26(34)16-10-4-6-12-18(16)28(36)30-22)19(23)21-25(33)15-9-3-5-11-17(15)27(35)29-21/h1-12,31-33H,(H,29,35). The Morgan fingerprint density at radius 2 is 1.08 bits per heavy atom. The zero-order chi connectivity index (χ0) is 25.1. The van der Waals surface area contributed by atoms with Crippen molar-refractivity contribution in [2.45, 2.75) is 0 Å². The number of phenolic OH excluding ortho intramolecular Hbond substituents is 2. The van der Waals surface area contributed by atoms with Crippen LogP contribution < -0.4 is 5.56 Å². The second-order valence-corrected chi connectivity index (χ2v) is 8.36. The number of fused-ring (bicyclic) bond motifs is 3. The van der Waals surface area contributed by atoms with E-state index in [9.17, 15) is 29.7 Å². The normalized spacial score (nSPS) is 13.2. The maximum absolute atomic E-state index is 13.5. The van der Waals surface area contributed by atoms with Crippen molar-refractivity contribution >= 4 is 38.9 Å². The molecule has 1 aliphatic rings. The molecule has 1 amide bonds. The number of phenols is 2. The van der Waals surface area contributed by atoms with Gasteiger partial charge in [-0.1, -0.05) is 60.7 Å². The highest BCUT2D eigenvalue weighted by molar-refractivity contribution is 6.57. The Hall–Kier alpha value is -5.24. The molecule has 0 unspecified atom stereocenters. The third kappa shape index (κ3) is 2.88. The number of hydrogen-bond donors (Lipinski definition) is 4. The molecule has 4 aromatic carbocycles. The minimum atomic E-state index is -0.700. The summed E-state index contributed by atoms with van der Waals surface area (Å²) in [4.78, 5) is 45.7. The van der Waals surface area contributed by atoms with Gasteiger partial charge in [0.15, 0.2) is 0 Å². The van der Waals surface area contributed by atoms with Crippen molar-refractivity contribution in [1.29, 1.82) is 0 Å². The van der Waals surface area contributed by atoms with E-state index in [1.54, 1.807) is 42.5 Å². The van der Waals surface area contributed by atoms with Crippen molar-refractivity contribution in [2.75, 3.05) is 0 Å². The SMILES string of the molecule is O=C1N=C(c2c(-c3[nH]c(=O)c4ccccc4c3O)c(O)c3ccccc3c2O)C(=O)c2ccccc21. The second-order valence-electron chi connectivity index (χ2n) is 8.36. The van der Waals surface area contributed by atoms with Crippen LogP contribution in [0, 0.1) is 0 Å². The van der Waals surface area contributed by atoms with Gasteiger partial charge in [-0.3, -0.25) is 14.4 Å². The van der Waals surface area contributed by atoms with Gasteiger partial charge in [-0.25, -0.2) is 4.99 Å². The third-order valence-corrected chi connectivity index (χ3v) is 6.38. The largest absolute Gasteiger partial charge is 0.507 e. The van der Waals surface area contributed by atoms with Gasteiger partial charge >= 0.3 is 0 Å². The van der Waals surface area contributed by atoms with E-state index in [4.69, 9.17) is 0 Å². The molecule has 4 N–H and O–H groups in total. The van der Waals surface area contributed by atoms with Gasteiger partial charge in [0.25, 0.3) is 11.5 Å². The molecule has 6 rings (SSSR count). The van der Waals surface area contributed by atoms with Gasteiger partial charge in [-0.05, 0) is 12.1 Å². The van der Waals surface area contributed by atoms with Gasteiger partial charge in [0.2, 0.25) is 5.78 Å². The number of rotatable bonds is 2. The Balaban J connectivity index is 1.77. The molecule has 8 nitrogen and oxygen atoms in total. The summed E-state index contributed by atoms with van der Waals surface area (Å²) in [6.07, 6.45) is 0. The zero-order valence-corrected chi connectivity index (χ0v) is 18.4. The first-order chi connectivity index (χ1) is 17.4. The summed E-state index contributed by atoms with van der Waals surface area (Å²) in [5.74, 6) is -2.59. The van der Waals surface area contributed by atoms with E-state index in [2.05, 4.69) is 9.98 Å². The lowest BCUT2D eigenvalue weighted by Crippen LogP contribution is -2.26. The van der Waals surface area contributed by atoms with Crippen LogP contribution in [0.4, 0.5) is 0 Å². The summed E-state index contributed by atoms with van der Waals surface area (Å²) in [5.41, 5.74) is -1.52. The highest BCUT2D eigenvalue weighted by Gasteiger charge is 2.34. The summed E-state index contributed by atoms with van der Waals surface area (Å²) >= 11 is 0. The fourth-order valence-electron chi connectivity index (χ4n) is 4.70. The molecule has 0 radical (unpaired) electrons. The summed E-state index contributed by atoms with van der Waals surface area (Å²) in [6.45, 7) is 0. The van der Waals surface area contributed by atoms with Gasteiger partial charge in [-0.2, -0.15) is 0 Å². The number of nitrogens with zero attached hydrogens (tertiary/aromatic N) is 1. The van der Waals surface area contributed by atoms with E-state index in [0.29, 0.717) is 0 Å². The van der Waals surface area contributed by atoms with Crippen molar-refractivity contribution in [3.63, 3.8) is 0 Å². The Labute approximate surface area is 202 Å². The van der Waals surface area contributed by atoms with Crippen molar-refractivity contribution in [1.82, 2.24) is 4.98 Å². The van der Waals surface area contributed by atoms with Gasteiger partial charge in [0, 0.05) is 21.7 Å². The minimum absolute atomic E-state index is 0.0849. The number of aliphatic imine (C=N–C) groups is 1. The molecule has 174 valence electrons. The van der Waals surface area contributed by atoms with Crippen molar-refractivity contribution in [3.05, 3.63) is 99.8 Å². The van der Waals surface area contributed by atoms with E-state index in [1.165, 1.54) is 30.3 Å². The summed E-state index contributed by atoms with van der Waals surface area (Å²) in [7, 11) is 0. The Kier molecular flexibility index (Phi) is 4.52. The molecule has 0 bridgehead atoms. The number of aromatic amines is 1. The maximum Gasteiger partial charge on any atom is 0.278 e. The highest BCUT2D eigenvalue weighted by Crippen LogP contribution is 2.48. The van der Waals surface area contributed by atoms with E-state index < -0.39 is 34.5 Å². The van der Waals surface area contributed by atoms with Crippen LogP contribution in [0.2, 0.25) is 0 Å². The Morgan fingerprint density at radius 3 is 1.72 bits per heavy atom. The lowest BCUT2D eigenvalue weighted by molar-refractivity contribution is 0.0974. The molecule has 0 saturated heterocycles. The number of aromatic nitrogens is 1. The number of nitrogens with one attached hydrogen (secondary N) is 1. The molecule has 0 atom stereocenters. The Morgan fingerprint density at radius 1 is 0.583 bits per heavy atom. The fraction of sp³-hybridized carbons (Fsp3) is 0. The molecule has 36 heavy (non-hydrogen) atoms. The monoisotopic (exact) mass is 476 g/mol. The van der Waals surface area contributed by atoms with Gasteiger partial charge in [0.1, 0.15) is 23.0 Å². The van der Waals surface area contributed by atoms with Gasteiger partial charge in [0.05, 0.1) is 27.8 Å². The molecule has 0 spiro atoms. The quantitative estimate of drug-likeness (QED) is 0.280. The van der Waals surface area contributed by atoms with E-state index in [1.807, 2.05) is 0 Å². The number of hydrogen-bond acceptors (Lipinski definition) is 6. The number of carbonyl (C=O) groups excluding carboxylic acids is 2. The first-order valence-corrected chi connectivity index (χ1v) is 11.0. The predicted octanol–water partition coefficient (Wildman–Crippen LogP) is 4.29. The molecule has 8 heteroatoms. The van der Waals surface area contributed by atoms with Crippen LogP contribution in [0.1, 0.15) is 26.3 Å². The van der Waals surface area contributed by atoms with Gasteiger partial charge < -0.3 is 20.3 Å². The van der Waals surface area contributed by atoms with Gasteiger partial charge in [-0.15, -0.1) is 0 Å². The number of ketones is 1. The molecule has 5 aromatic rings. The highest BCUT2D eigenvalue weighted by atomic mass is 16.3. The zero-order valence-electron chi connectivity index (χ0n) is 18.4. The molecule has 0 saturated carbocycles. The number of pyridine rings is 1. The molecule has 2 heterocycles. The van der Waals surface area contributed by atoms with E-state index in [-0.39, 0.29) is 55.2 Å². The van der Waals surface area contributed by atoms with Crippen LogP contribution in [0.25, 0.3) is 32.8 Å². The number of aromatic hydroxyl groups is 3. The number of carbonyl (C=O) groups is 2. The lowest BCUT2D eigenvalue weighted by Gasteiger charge is -2.21. The molecule has 0 fully saturated rings. The van der Waals surface area contributed by atoms with E-state index >= 15 is 0 Å². The van der Waals surface area contributed by atoms with Crippen molar-refractivity contribution in [2.24, 2.45) is 4.99 Å². The third-order valence-electron chi connectivity index (χ3n) is 6.38. The number of benzene rings is 4. The molecule has 1 aliphatic heterocycles. The van der Waals surface area contributed by atoms with Crippen LogP contribution in [0.15, 0.2) is 82.6 Å². The van der Waals surface area contributed by atoms with E-state index in [0.717, 1.165) is 0 Å². The minimum Gasteiger partial charge on any atom is -0.507 e. The topological polar surface area (TPSA) is 140 Å². The second kappa shape index (κ2) is 7.64. The molecular formula is C28H16N2O6. The van der Waals surface area contributed by atoms with Crippen LogP contribution in [0.5, 0.6) is 17.2 Å². The maximum atomic E-state index is 13.5. The lowest BCUT2D eigenvalue weighted by atomic mass is 9.87. The van der Waals surface area contributed by atoms with Crippen LogP contribution in [-0.4, -0.2) is 37.7 Å². The van der Waals surface area contributed by atoms with Crippen LogP contribution >= 0.6 is 0 Å². The first kappa shape index (κ1) is 21.3. The fourth-order valence-corrected chi connectivity index (χ4v) is 4.70. The van der Waals surface area contributed by atoms with Crippen molar-refractivity contribution < 1.29 is 24.9 Å². The molecule has 0 aliphatic carbocycles. The summed E-state index contributed by atoms with van der Waals surface area (Å²) < 4.78 is 0. The number of amides is 1. The van der Waals surface area contributed by atoms with Crippen LogP contribution in [-0.2, 0) is 0 Å². The average molecular weight is 476 g/mol. The Bertz CT molecular complexity index is 1880. The predicted molar refractivity (Wildman–Crippen MR) is 134 cm³/mol. The van der Waals surface area contributed by atoms with Crippen LogP contribution in [0.3, 0.4) is 0 Å². The average Bonchev–Trinajstić information content (AvgIpc) is 2.91. The molecular weight excluding hydrogens is 460 g/mol.